The number of ether oxygens (including phenoxy) is 1. The van der Waals surface area contributed by atoms with Gasteiger partial charge in [-0.05, 0) is 30.8 Å². The Balaban J connectivity index is 2.11. The minimum atomic E-state index is -4.37. The van der Waals surface area contributed by atoms with Crippen molar-refractivity contribution in [2.75, 3.05) is 19.8 Å². The summed E-state index contributed by atoms with van der Waals surface area (Å²) in [6.45, 7) is 0.851. The van der Waals surface area contributed by atoms with E-state index in [1.807, 2.05) is 6.92 Å². The van der Waals surface area contributed by atoms with Crippen molar-refractivity contribution in [2.45, 2.75) is 19.1 Å². The molecule has 21 heavy (non-hydrogen) atoms. The zero-order valence-electron chi connectivity index (χ0n) is 11.3. The minimum absolute atomic E-state index is 0.185. The van der Waals surface area contributed by atoms with Crippen LogP contribution in [0.3, 0.4) is 0 Å². The molecule has 1 N–H and O–H groups in total. The molecule has 1 heterocycles. The summed E-state index contributed by atoms with van der Waals surface area (Å²) in [6.07, 6.45) is -4.37. The van der Waals surface area contributed by atoms with Crippen LogP contribution in [-0.4, -0.2) is 25.9 Å². The molecule has 2 aromatic rings. The van der Waals surface area contributed by atoms with Crippen molar-refractivity contribution in [3.8, 4) is 0 Å². The maximum atomic E-state index is 13.1. The quantitative estimate of drug-likeness (QED) is 0.824. The number of hydrogen-bond acceptors (Lipinski definition) is 3. The van der Waals surface area contributed by atoms with E-state index in [2.05, 4.69) is 10.1 Å². The molecule has 2 rings (SSSR count). The SMILES string of the molecule is CCNC(COCC(F)(F)F)c1cc2cc(F)ccc2o1. The second-order valence-corrected chi connectivity index (χ2v) is 4.57. The summed E-state index contributed by atoms with van der Waals surface area (Å²) in [5.41, 5.74) is 0.477. The predicted molar refractivity (Wildman–Crippen MR) is 69.5 cm³/mol. The highest BCUT2D eigenvalue weighted by molar-refractivity contribution is 5.78. The van der Waals surface area contributed by atoms with Crippen molar-refractivity contribution < 1.29 is 26.7 Å². The lowest BCUT2D eigenvalue weighted by Gasteiger charge is -2.16. The monoisotopic (exact) mass is 305 g/mol. The molecule has 1 atom stereocenters. The van der Waals surface area contributed by atoms with Gasteiger partial charge in [0.2, 0.25) is 0 Å². The average Bonchev–Trinajstić information content (AvgIpc) is 2.79. The van der Waals surface area contributed by atoms with Crippen LogP contribution >= 0.6 is 0 Å². The van der Waals surface area contributed by atoms with Gasteiger partial charge in [0.15, 0.2) is 0 Å². The lowest BCUT2D eigenvalue weighted by atomic mass is 10.2. The molecule has 1 aromatic heterocycles. The molecule has 0 aliphatic heterocycles. The van der Waals surface area contributed by atoms with Gasteiger partial charge in [-0.25, -0.2) is 4.39 Å². The van der Waals surface area contributed by atoms with Gasteiger partial charge in [0.1, 0.15) is 23.8 Å². The first-order valence-corrected chi connectivity index (χ1v) is 6.46. The summed E-state index contributed by atoms with van der Waals surface area (Å²) in [5, 5.41) is 3.54. The molecule has 116 valence electrons. The Hall–Kier alpha value is -1.60. The number of nitrogens with one attached hydrogen (secondary N) is 1. The van der Waals surface area contributed by atoms with Crippen LogP contribution in [0.15, 0.2) is 28.7 Å². The van der Waals surface area contributed by atoms with Crippen LogP contribution in [0.4, 0.5) is 17.6 Å². The van der Waals surface area contributed by atoms with E-state index >= 15 is 0 Å². The Morgan fingerprint density at radius 3 is 2.71 bits per heavy atom. The molecule has 0 amide bonds. The Bertz CT molecular complexity index is 594. The third-order valence-electron chi connectivity index (χ3n) is 2.84. The molecule has 0 spiro atoms. The standard InChI is InChI=1S/C14H15F4NO2/c1-2-19-11(7-20-8-14(16,17)18)13-6-9-5-10(15)3-4-12(9)21-13/h3-6,11,19H,2,7-8H2,1H3. The Morgan fingerprint density at radius 2 is 2.05 bits per heavy atom. The summed E-state index contributed by atoms with van der Waals surface area (Å²) in [7, 11) is 0. The summed E-state index contributed by atoms with van der Waals surface area (Å²) in [4.78, 5) is 0. The second-order valence-electron chi connectivity index (χ2n) is 4.57. The second kappa shape index (κ2) is 6.44. The van der Waals surface area contributed by atoms with Gasteiger partial charge in [0.25, 0.3) is 0 Å². The Labute approximate surface area is 118 Å². The molecule has 7 heteroatoms. The number of likely N-dealkylation sites (N-methyl/N-ethyl adjacent to an activating group) is 1. The van der Waals surface area contributed by atoms with Crippen LogP contribution in [0.25, 0.3) is 11.0 Å². The molecule has 0 aliphatic carbocycles. The molecule has 0 saturated carbocycles. The van der Waals surface area contributed by atoms with E-state index in [-0.39, 0.29) is 6.61 Å². The number of furan rings is 1. The zero-order valence-corrected chi connectivity index (χ0v) is 11.3. The van der Waals surface area contributed by atoms with E-state index in [9.17, 15) is 17.6 Å². The Morgan fingerprint density at radius 1 is 1.29 bits per heavy atom. The van der Waals surface area contributed by atoms with Gasteiger partial charge in [-0.1, -0.05) is 6.92 Å². The van der Waals surface area contributed by atoms with E-state index in [1.54, 1.807) is 6.07 Å². The fraction of sp³-hybridized carbons (Fsp3) is 0.429. The topological polar surface area (TPSA) is 34.4 Å². The van der Waals surface area contributed by atoms with Crippen molar-refractivity contribution >= 4 is 11.0 Å². The zero-order chi connectivity index (χ0) is 15.5. The van der Waals surface area contributed by atoms with Crippen molar-refractivity contribution in [1.29, 1.82) is 0 Å². The fourth-order valence-corrected chi connectivity index (χ4v) is 1.99. The molecule has 1 aromatic carbocycles. The normalized spacial score (nSPS) is 13.8. The summed E-state index contributed by atoms with van der Waals surface area (Å²) >= 11 is 0. The molecule has 0 bridgehead atoms. The van der Waals surface area contributed by atoms with Gasteiger partial charge in [-0.15, -0.1) is 0 Å². The molecule has 0 saturated heterocycles. The highest BCUT2D eigenvalue weighted by Gasteiger charge is 2.28. The average molecular weight is 305 g/mol. The van der Waals surface area contributed by atoms with E-state index in [1.165, 1.54) is 18.2 Å². The third-order valence-corrected chi connectivity index (χ3v) is 2.84. The van der Waals surface area contributed by atoms with E-state index in [4.69, 9.17) is 4.42 Å². The molecule has 1 unspecified atom stereocenters. The highest BCUT2D eigenvalue weighted by atomic mass is 19.4. The molecule has 3 nitrogen and oxygen atoms in total. The smallest absolute Gasteiger partial charge is 0.411 e. The van der Waals surface area contributed by atoms with Gasteiger partial charge in [0, 0.05) is 5.39 Å². The molecule has 0 radical (unpaired) electrons. The maximum absolute atomic E-state index is 13.1. The third kappa shape index (κ3) is 4.44. The van der Waals surface area contributed by atoms with Crippen LogP contribution in [-0.2, 0) is 4.74 Å². The number of alkyl halides is 3. The van der Waals surface area contributed by atoms with Gasteiger partial charge < -0.3 is 14.5 Å². The van der Waals surface area contributed by atoms with Crippen LogP contribution in [0.5, 0.6) is 0 Å². The van der Waals surface area contributed by atoms with Crippen LogP contribution in [0.1, 0.15) is 18.7 Å². The van der Waals surface area contributed by atoms with Gasteiger partial charge >= 0.3 is 6.18 Å². The van der Waals surface area contributed by atoms with Gasteiger partial charge in [0.05, 0.1) is 12.6 Å². The van der Waals surface area contributed by atoms with Crippen molar-refractivity contribution in [1.82, 2.24) is 5.32 Å². The van der Waals surface area contributed by atoms with Crippen molar-refractivity contribution in [2.24, 2.45) is 0 Å². The minimum Gasteiger partial charge on any atom is -0.459 e. The van der Waals surface area contributed by atoms with Crippen LogP contribution in [0, 0.1) is 5.82 Å². The van der Waals surface area contributed by atoms with Crippen LogP contribution in [0.2, 0.25) is 0 Å². The molecular formula is C14H15F4NO2. The van der Waals surface area contributed by atoms with Gasteiger partial charge in [-0.3, -0.25) is 0 Å². The van der Waals surface area contributed by atoms with E-state index < -0.39 is 24.6 Å². The number of hydrogen-bond donors (Lipinski definition) is 1. The summed E-state index contributed by atoms with van der Waals surface area (Å²) < 4.78 is 59.6. The first-order valence-electron chi connectivity index (χ1n) is 6.46. The predicted octanol–water partition coefficient (Wildman–Crippen LogP) is 3.80. The van der Waals surface area contributed by atoms with E-state index in [0.29, 0.717) is 23.3 Å². The lowest BCUT2D eigenvalue weighted by molar-refractivity contribution is -0.175. The van der Waals surface area contributed by atoms with Crippen LogP contribution < -0.4 is 5.32 Å². The molecular weight excluding hydrogens is 290 g/mol. The first-order chi connectivity index (χ1) is 9.89. The van der Waals surface area contributed by atoms with Gasteiger partial charge in [-0.2, -0.15) is 13.2 Å². The summed E-state index contributed by atoms with van der Waals surface area (Å²) in [5.74, 6) is 0.0165. The highest BCUT2D eigenvalue weighted by Crippen LogP contribution is 2.25. The van der Waals surface area contributed by atoms with Crippen molar-refractivity contribution in [3.05, 3.63) is 35.8 Å². The number of halogens is 4. The summed E-state index contributed by atoms with van der Waals surface area (Å²) in [6, 6.07) is 5.13. The molecule has 0 fully saturated rings. The Kier molecular flexibility index (Phi) is 4.84. The lowest BCUT2D eigenvalue weighted by Crippen LogP contribution is -2.27. The number of rotatable bonds is 6. The maximum Gasteiger partial charge on any atom is 0.411 e. The molecule has 0 aliphatic rings. The first kappa shape index (κ1) is 15.8. The van der Waals surface area contributed by atoms with Crippen molar-refractivity contribution in [3.63, 3.8) is 0 Å². The van der Waals surface area contributed by atoms with E-state index in [0.717, 1.165) is 0 Å². The number of benzene rings is 1. The number of fused-ring (bicyclic) bond motifs is 1. The fourth-order valence-electron chi connectivity index (χ4n) is 1.99. The largest absolute Gasteiger partial charge is 0.459 e.